The summed E-state index contributed by atoms with van der Waals surface area (Å²) in [4.78, 5) is 7.06. The second kappa shape index (κ2) is 6.27. The summed E-state index contributed by atoms with van der Waals surface area (Å²) in [7, 11) is 0. The Morgan fingerprint density at radius 3 is 2.42 bits per heavy atom. The maximum Gasteiger partial charge on any atom is 0.0630 e. The van der Waals surface area contributed by atoms with Crippen LogP contribution in [0.1, 0.15) is 44.4 Å². The van der Waals surface area contributed by atoms with E-state index < -0.39 is 0 Å². The Kier molecular flexibility index (Phi) is 4.31. The fourth-order valence-corrected chi connectivity index (χ4v) is 3.54. The standard InChI is InChI=1S/C22H26N2/c1-6-24-21-12-9-18(13-20(21)17(3)14-22(24,4)5)15-23-19-10-7-16(2)8-11-19/h7-15H,6H2,1-5H3. The maximum atomic E-state index is 4.60. The van der Waals surface area contributed by atoms with Gasteiger partial charge in [-0.1, -0.05) is 29.8 Å². The van der Waals surface area contributed by atoms with Gasteiger partial charge in [0.2, 0.25) is 0 Å². The molecular weight excluding hydrogens is 292 g/mol. The Labute approximate surface area is 145 Å². The molecule has 0 saturated heterocycles. The Bertz CT molecular complexity index is 795. The molecule has 0 aromatic heterocycles. The molecule has 0 bridgehead atoms. The van der Waals surface area contributed by atoms with Gasteiger partial charge in [-0.15, -0.1) is 0 Å². The number of hydrogen-bond donors (Lipinski definition) is 0. The number of rotatable bonds is 3. The highest BCUT2D eigenvalue weighted by molar-refractivity contribution is 5.88. The van der Waals surface area contributed by atoms with Crippen LogP contribution < -0.4 is 4.90 Å². The summed E-state index contributed by atoms with van der Waals surface area (Å²) in [6.07, 6.45) is 4.31. The van der Waals surface area contributed by atoms with Crippen molar-refractivity contribution in [2.45, 2.75) is 40.2 Å². The van der Waals surface area contributed by atoms with Gasteiger partial charge in [0.05, 0.1) is 11.2 Å². The molecule has 1 aliphatic heterocycles. The highest BCUT2D eigenvalue weighted by atomic mass is 15.2. The van der Waals surface area contributed by atoms with E-state index in [1.807, 2.05) is 6.21 Å². The molecule has 2 heteroatoms. The minimum absolute atomic E-state index is 0.0589. The van der Waals surface area contributed by atoms with Crippen molar-refractivity contribution >= 4 is 23.2 Å². The SMILES string of the molecule is CCN1c2ccc(C=Nc3ccc(C)cc3)cc2C(C)=CC1(C)C. The van der Waals surface area contributed by atoms with Crippen molar-refractivity contribution in [1.82, 2.24) is 0 Å². The van der Waals surface area contributed by atoms with Gasteiger partial charge >= 0.3 is 0 Å². The lowest BCUT2D eigenvalue weighted by molar-refractivity contribution is 0.566. The molecule has 0 N–H and O–H groups in total. The third-order valence-electron chi connectivity index (χ3n) is 4.71. The van der Waals surface area contributed by atoms with Crippen LogP contribution in [0.4, 0.5) is 11.4 Å². The van der Waals surface area contributed by atoms with Gasteiger partial charge in [-0.05, 0) is 70.0 Å². The molecule has 0 atom stereocenters. The first-order chi connectivity index (χ1) is 11.4. The average molecular weight is 318 g/mol. The first kappa shape index (κ1) is 16.5. The summed E-state index contributed by atoms with van der Waals surface area (Å²) in [5.74, 6) is 0. The fourth-order valence-electron chi connectivity index (χ4n) is 3.54. The summed E-state index contributed by atoms with van der Waals surface area (Å²) < 4.78 is 0. The molecule has 24 heavy (non-hydrogen) atoms. The van der Waals surface area contributed by atoms with Crippen molar-refractivity contribution < 1.29 is 0 Å². The second-order valence-corrected chi connectivity index (χ2v) is 7.10. The summed E-state index contributed by atoms with van der Waals surface area (Å²) in [6.45, 7) is 12.1. The molecule has 1 heterocycles. The largest absolute Gasteiger partial charge is 0.363 e. The molecule has 1 aliphatic rings. The molecule has 0 unspecified atom stereocenters. The normalized spacial score (nSPS) is 16.2. The number of anilines is 1. The first-order valence-electron chi connectivity index (χ1n) is 8.63. The number of aryl methyl sites for hydroxylation is 1. The Morgan fingerprint density at radius 1 is 1.04 bits per heavy atom. The molecule has 2 nitrogen and oxygen atoms in total. The highest BCUT2D eigenvalue weighted by Crippen LogP contribution is 2.38. The minimum atomic E-state index is 0.0589. The van der Waals surface area contributed by atoms with Crippen LogP contribution >= 0.6 is 0 Å². The molecule has 2 aromatic carbocycles. The quantitative estimate of drug-likeness (QED) is 0.656. The van der Waals surface area contributed by atoms with E-state index >= 15 is 0 Å². The van der Waals surface area contributed by atoms with Crippen LogP contribution in [0.2, 0.25) is 0 Å². The predicted octanol–water partition coefficient (Wildman–Crippen LogP) is 5.77. The number of hydrogen-bond acceptors (Lipinski definition) is 2. The lowest BCUT2D eigenvalue weighted by Gasteiger charge is -2.42. The first-order valence-corrected chi connectivity index (χ1v) is 8.63. The van der Waals surface area contributed by atoms with Crippen molar-refractivity contribution in [3.8, 4) is 0 Å². The molecule has 0 saturated carbocycles. The molecule has 0 amide bonds. The zero-order valence-corrected chi connectivity index (χ0v) is 15.3. The van der Waals surface area contributed by atoms with E-state index in [1.54, 1.807) is 0 Å². The van der Waals surface area contributed by atoms with Crippen molar-refractivity contribution in [2.75, 3.05) is 11.4 Å². The van der Waals surface area contributed by atoms with E-state index in [4.69, 9.17) is 0 Å². The van der Waals surface area contributed by atoms with Gasteiger partial charge < -0.3 is 4.90 Å². The number of fused-ring (bicyclic) bond motifs is 1. The van der Waals surface area contributed by atoms with Crippen LogP contribution in [0.25, 0.3) is 5.57 Å². The number of aliphatic imine (C=N–C) groups is 1. The lowest BCUT2D eigenvalue weighted by atomic mass is 9.88. The van der Waals surface area contributed by atoms with Crippen molar-refractivity contribution in [3.05, 3.63) is 65.2 Å². The van der Waals surface area contributed by atoms with Gasteiger partial charge in [-0.25, -0.2) is 0 Å². The fraction of sp³-hybridized carbons (Fsp3) is 0.318. The van der Waals surface area contributed by atoms with E-state index in [2.05, 4.69) is 93.1 Å². The van der Waals surface area contributed by atoms with Gasteiger partial charge in [0.15, 0.2) is 0 Å². The molecule has 0 radical (unpaired) electrons. The van der Waals surface area contributed by atoms with Gasteiger partial charge in [0.25, 0.3) is 0 Å². The lowest BCUT2D eigenvalue weighted by Crippen LogP contribution is -2.44. The van der Waals surface area contributed by atoms with Crippen molar-refractivity contribution in [2.24, 2.45) is 4.99 Å². The molecule has 0 aliphatic carbocycles. The Morgan fingerprint density at radius 2 is 1.75 bits per heavy atom. The van der Waals surface area contributed by atoms with Crippen molar-refractivity contribution in [3.63, 3.8) is 0 Å². The van der Waals surface area contributed by atoms with Crippen LogP contribution in [-0.4, -0.2) is 18.3 Å². The van der Waals surface area contributed by atoms with Gasteiger partial charge in [-0.2, -0.15) is 0 Å². The molecule has 2 aromatic rings. The summed E-state index contributed by atoms with van der Waals surface area (Å²) in [6, 6.07) is 14.9. The van der Waals surface area contributed by atoms with Crippen molar-refractivity contribution in [1.29, 1.82) is 0 Å². The Hall–Kier alpha value is -2.35. The number of likely N-dealkylation sites (N-methyl/N-ethyl adjacent to an activating group) is 1. The third kappa shape index (κ3) is 3.14. The maximum absolute atomic E-state index is 4.60. The predicted molar refractivity (Wildman–Crippen MR) is 106 cm³/mol. The zero-order valence-electron chi connectivity index (χ0n) is 15.3. The topological polar surface area (TPSA) is 15.6 Å². The zero-order chi connectivity index (χ0) is 17.3. The molecule has 3 rings (SSSR count). The van der Waals surface area contributed by atoms with Gasteiger partial charge in [0.1, 0.15) is 0 Å². The van der Waals surface area contributed by atoms with E-state index in [0.717, 1.165) is 17.8 Å². The summed E-state index contributed by atoms with van der Waals surface area (Å²) >= 11 is 0. The van der Waals surface area contributed by atoms with E-state index in [0.29, 0.717) is 0 Å². The minimum Gasteiger partial charge on any atom is -0.363 e. The van der Waals surface area contributed by atoms with Crippen LogP contribution in [0.15, 0.2) is 53.5 Å². The number of nitrogens with zero attached hydrogens (tertiary/aromatic N) is 2. The third-order valence-corrected chi connectivity index (χ3v) is 4.71. The molecule has 0 spiro atoms. The molecule has 0 fully saturated rings. The smallest absolute Gasteiger partial charge is 0.0630 e. The van der Waals surface area contributed by atoms with Crippen LogP contribution in [-0.2, 0) is 0 Å². The van der Waals surface area contributed by atoms with Crippen LogP contribution in [0.3, 0.4) is 0 Å². The van der Waals surface area contributed by atoms with Gasteiger partial charge in [-0.3, -0.25) is 4.99 Å². The monoisotopic (exact) mass is 318 g/mol. The average Bonchev–Trinajstić information content (AvgIpc) is 2.54. The Balaban J connectivity index is 1.94. The molecule has 124 valence electrons. The number of benzene rings is 2. The van der Waals surface area contributed by atoms with Gasteiger partial charge in [0, 0.05) is 24.0 Å². The van der Waals surface area contributed by atoms with Crippen LogP contribution in [0.5, 0.6) is 0 Å². The second-order valence-electron chi connectivity index (χ2n) is 7.10. The number of allylic oxidation sites excluding steroid dienone is 1. The highest BCUT2D eigenvalue weighted by Gasteiger charge is 2.29. The summed E-state index contributed by atoms with van der Waals surface area (Å²) in [5.41, 5.74) is 7.40. The van der Waals surface area contributed by atoms with E-state index in [9.17, 15) is 0 Å². The van der Waals surface area contributed by atoms with E-state index in [-0.39, 0.29) is 5.54 Å². The molecular formula is C22H26N2. The van der Waals surface area contributed by atoms with E-state index in [1.165, 1.54) is 22.4 Å². The summed E-state index contributed by atoms with van der Waals surface area (Å²) in [5, 5.41) is 0. The van der Waals surface area contributed by atoms with Crippen LogP contribution in [0, 0.1) is 6.92 Å².